The molecule has 0 aliphatic heterocycles. The number of rotatable bonds is 2. The second-order valence-corrected chi connectivity index (χ2v) is 4.95. The molecule has 3 aromatic rings. The van der Waals surface area contributed by atoms with E-state index in [9.17, 15) is 5.11 Å². The van der Waals surface area contributed by atoms with Gasteiger partial charge in [0.2, 0.25) is 0 Å². The van der Waals surface area contributed by atoms with Gasteiger partial charge in [0.25, 0.3) is 0 Å². The molecule has 0 bridgehead atoms. The molecule has 90 valence electrons. The molecule has 1 N–H and O–H groups in total. The molecule has 2 heterocycles. The van der Waals surface area contributed by atoms with Crippen molar-refractivity contribution < 1.29 is 5.11 Å². The number of phenols is 1. The van der Waals surface area contributed by atoms with Gasteiger partial charge in [-0.1, -0.05) is 28.1 Å². The van der Waals surface area contributed by atoms with Gasteiger partial charge in [-0.15, -0.1) is 10.2 Å². The van der Waals surface area contributed by atoms with Gasteiger partial charge < -0.3 is 5.11 Å². The molecule has 0 saturated carbocycles. The molecular weight excluding hydrogens is 294 g/mol. The number of pyridine rings is 1. The van der Waals surface area contributed by atoms with Crippen LogP contribution in [0.5, 0.6) is 5.75 Å². The van der Waals surface area contributed by atoms with E-state index in [-0.39, 0.29) is 5.75 Å². The first-order chi connectivity index (χ1) is 8.72. The van der Waals surface area contributed by atoms with Crippen LogP contribution in [0.4, 0.5) is 0 Å². The van der Waals surface area contributed by atoms with Gasteiger partial charge in [0, 0.05) is 17.1 Å². The minimum Gasteiger partial charge on any atom is -0.508 e. The van der Waals surface area contributed by atoms with Crippen LogP contribution in [0.25, 0.3) is 5.65 Å². The van der Waals surface area contributed by atoms with E-state index in [1.165, 1.54) is 0 Å². The summed E-state index contributed by atoms with van der Waals surface area (Å²) in [7, 11) is 0. The predicted molar refractivity (Wildman–Crippen MR) is 71.6 cm³/mol. The molecule has 0 unspecified atom stereocenters. The first kappa shape index (κ1) is 11.2. The van der Waals surface area contributed by atoms with Gasteiger partial charge in [-0.25, -0.2) is 0 Å². The Kier molecular flexibility index (Phi) is 2.76. The van der Waals surface area contributed by atoms with E-state index in [0.717, 1.165) is 21.5 Å². The second-order valence-electron chi connectivity index (χ2n) is 4.04. The van der Waals surface area contributed by atoms with E-state index in [0.29, 0.717) is 6.42 Å². The number of phenolic OH excluding ortho intramolecular Hbond substituents is 1. The molecule has 0 radical (unpaired) electrons. The number of hydrogen-bond donors (Lipinski definition) is 1. The van der Waals surface area contributed by atoms with Crippen LogP contribution in [0.2, 0.25) is 0 Å². The van der Waals surface area contributed by atoms with E-state index < -0.39 is 0 Å². The first-order valence-corrected chi connectivity index (χ1v) is 6.29. The summed E-state index contributed by atoms with van der Waals surface area (Å²) < 4.78 is 2.92. The Morgan fingerprint density at radius 3 is 2.89 bits per heavy atom. The number of fused-ring (bicyclic) bond motifs is 1. The summed E-state index contributed by atoms with van der Waals surface area (Å²) in [5, 5.41) is 17.7. The Hall–Kier alpha value is -1.88. The summed E-state index contributed by atoms with van der Waals surface area (Å²) in [5.41, 5.74) is 1.81. The molecule has 0 aliphatic carbocycles. The van der Waals surface area contributed by atoms with E-state index in [2.05, 4.69) is 26.1 Å². The zero-order chi connectivity index (χ0) is 12.5. The summed E-state index contributed by atoms with van der Waals surface area (Å²) >= 11 is 3.40. The summed E-state index contributed by atoms with van der Waals surface area (Å²) in [6.45, 7) is 0. The fraction of sp³-hybridized carbons (Fsp3) is 0.0769. The molecule has 0 saturated heterocycles. The third-order valence-corrected chi connectivity index (χ3v) is 3.21. The average Bonchev–Trinajstić information content (AvgIpc) is 2.72. The van der Waals surface area contributed by atoms with E-state index in [1.54, 1.807) is 12.1 Å². The molecule has 0 fully saturated rings. The lowest BCUT2D eigenvalue weighted by Gasteiger charge is -2.01. The number of benzene rings is 1. The maximum Gasteiger partial charge on any atom is 0.161 e. The highest BCUT2D eigenvalue weighted by Gasteiger charge is 2.06. The Morgan fingerprint density at radius 2 is 2.06 bits per heavy atom. The fourth-order valence-electron chi connectivity index (χ4n) is 1.89. The second kappa shape index (κ2) is 4.42. The summed E-state index contributed by atoms with van der Waals surface area (Å²) in [5.74, 6) is 1.12. The van der Waals surface area contributed by atoms with Gasteiger partial charge in [0.15, 0.2) is 5.65 Å². The maximum absolute atomic E-state index is 9.44. The number of aromatic nitrogens is 3. The molecule has 1 aromatic carbocycles. The molecule has 0 amide bonds. The molecule has 18 heavy (non-hydrogen) atoms. The van der Waals surface area contributed by atoms with Crippen molar-refractivity contribution in [2.75, 3.05) is 0 Å². The van der Waals surface area contributed by atoms with Crippen LogP contribution in [-0.4, -0.2) is 19.7 Å². The zero-order valence-electron chi connectivity index (χ0n) is 9.42. The van der Waals surface area contributed by atoms with Crippen molar-refractivity contribution in [1.82, 2.24) is 14.6 Å². The van der Waals surface area contributed by atoms with E-state index >= 15 is 0 Å². The molecule has 4 nitrogen and oxygen atoms in total. The SMILES string of the molecule is Oc1cccc(Cc2nnc3cc(Br)ccn23)c1. The molecule has 2 aromatic heterocycles. The lowest BCUT2D eigenvalue weighted by atomic mass is 10.1. The standard InChI is InChI=1S/C13H10BrN3O/c14-10-4-5-17-12(15-16-13(17)8-10)7-9-2-1-3-11(18)6-9/h1-6,8,18H,7H2. The monoisotopic (exact) mass is 303 g/mol. The van der Waals surface area contributed by atoms with Crippen LogP contribution in [0.3, 0.4) is 0 Å². The molecule has 0 aliphatic rings. The van der Waals surface area contributed by atoms with Gasteiger partial charge in [-0.2, -0.15) is 0 Å². The van der Waals surface area contributed by atoms with E-state index in [4.69, 9.17) is 0 Å². The van der Waals surface area contributed by atoms with Crippen molar-refractivity contribution in [3.05, 3.63) is 58.5 Å². The van der Waals surface area contributed by atoms with Gasteiger partial charge in [-0.3, -0.25) is 4.40 Å². The lowest BCUT2D eigenvalue weighted by molar-refractivity contribution is 0.474. The smallest absolute Gasteiger partial charge is 0.161 e. The third kappa shape index (κ3) is 2.09. The highest BCUT2D eigenvalue weighted by molar-refractivity contribution is 9.10. The molecular formula is C13H10BrN3O. The Balaban J connectivity index is 2.00. The fourth-order valence-corrected chi connectivity index (χ4v) is 2.21. The molecule has 0 atom stereocenters. The van der Waals surface area contributed by atoms with Crippen LogP contribution in [-0.2, 0) is 6.42 Å². The predicted octanol–water partition coefficient (Wildman–Crippen LogP) is 2.79. The largest absolute Gasteiger partial charge is 0.508 e. The van der Waals surface area contributed by atoms with Gasteiger partial charge in [0.05, 0.1) is 0 Å². The molecule has 0 spiro atoms. The minimum absolute atomic E-state index is 0.268. The van der Waals surface area contributed by atoms with Crippen molar-refractivity contribution in [3.63, 3.8) is 0 Å². The van der Waals surface area contributed by atoms with Gasteiger partial charge in [-0.05, 0) is 29.8 Å². The normalized spacial score (nSPS) is 10.9. The third-order valence-electron chi connectivity index (χ3n) is 2.72. The topological polar surface area (TPSA) is 50.4 Å². The minimum atomic E-state index is 0.268. The lowest BCUT2D eigenvalue weighted by Crippen LogP contribution is -1.96. The number of aromatic hydroxyl groups is 1. The Bertz CT molecular complexity index is 708. The Morgan fingerprint density at radius 1 is 1.17 bits per heavy atom. The van der Waals surface area contributed by atoms with Gasteiger partial charge in [0.1, 0.15) is 11.6 Å². The molecule has 3 rings (SSSR count). The van der Waals surface area contributed by atoms with Crippen molar-refractivity contribution in [3.8, 4) is 5.75 Å². The van der Waals surface area contributed by atoms with Crippen molar-refractivity contribution in [1.29, 1.82) is 0 Å². The molecule has 5 heteroatoms. The van der Waals surface area contributed by atoms with Crippen LogP contribution in [0.15, 0.2) is 47.1 Å². The number of hydrogen-bond acceptors (Lipinski definition) is 3. The summed E-state index contributed by atoms with van der Waals surface area (Å²) in [4.78, 5) is 0. The van der Waals surface area contributed by atoms with Crippen LogP contribution >= 0.6 is 15.9 Å². The quantitative estimate of drug-likeness (QED) is 0.792. The van der Waals surface area contributed by atoms with Crippen molar-refractivity contribution >= 4 is 21.6 Å². The highest BCUT2D eigenvalue weighted by atomic mass is 79.9. The average molecular weight is 304 g/mol. The van der Waals surface area contributed by atoms with Crippen LogP contribution in [0, 0.1) is 0 Å². The maximum atomic E-state index is 9.44. The van der Waals surface area contributed by atoms with Crippen LogP contribution in [0.1, 0.15) is 11.4 Å². The van der Waals surface area contributed by atoms with Crippen LogP contribution < -0.4 is 0 Å². The van der Waals surface area contributed by atoms with Crippen molar-refractivity contribution in [2.45, 2.75) is 6.42 Å². The number of nitrogens with zero attached hydrogens (tertiary/aromatic N) is 3. The number of halogens is 1. The van der Waals surface area contributed by atoms with Crippen molar-refractivity contribution in [2.24, 2.45) is 0 Å². The zero-order valence-corrected chi connectivity index (χ0v) is 11.0. The first-order valence-electron chi connectivity index (χ1n) is 5.49. The van der Waals surface area contributed by atoms with E-state index in [1.807, 2.05) is 34.9 Å². The summed E-state index contributed by atoms with van der Waals surface area (Å²) in [6.07, 6.45) is 2.56. The van der Waals surface area contributed by atoms with Gasteiger partial charge >= 0.3 is 0 Å². The Labute approximate surface area is 112 Å². The summed E-state index contributed by atoms with van der Waals surface area (Å²) in [6, 6.07) is 11.0. The highest BCUT2D eigenvalue weighted by Crippen LogP contribution is 2.17.